The number of hydrogen-bond donors (Lipinski definition) is 1. The molecule has 0 aliphatic rings. The highest BCUT2D eigenvalue weighted by Gasteiger charge is 2.20. The molecule has 2 aromatic rings. The zero-order valence-electron chi connectivity index (χ0n) is 10.8. The third kappa shape index (κ3) is 2.83. The Morgan fingerprint density at radius 3 is 2.67 bits per heavy atom. The second-order valence-electron chi connectivity index (χ2n) is 5.21. The van der Waals surface area contributed by atoms with Crippen LogP contribution in [0.15, 0.2) is 39.6 Å². The van der Waals surface area contributed by atoms with E-state index >= 15 is 0 Å². The zero-order valence-corrected chi connectivity index (χ0v) is 10.8. The molecule has 4 nitrogen and oxygen atoms in total. The third-order valence-electron chi connectivity index (χ3n) is 2.57. The smallest absolute Gasteiger partial charge is 0.225 e. The van der Waals surface area contributed by atoms with Gasteiger partial charge >= 0.3 is 0 Å². The number of amides is 1. The predicted octanol–water partition coefficient (Wildman–Crippen LogP) is 3.20. The van der Waals surface area contributed by atoms with Crippen molar-refractivity contribution in [1.82, 2.24) is 5.32 Å². The molecular formula is C14H17NO3. The van der Waals surface area contributed by atoms with Gasteiger partial charge in [0.25, 0.3) is 0 Å². The highest BCUT2D eigenvalue weighted by Crippen LogP contribution is 2.22. The summed E-state index contributed by atoms with van der Waals surface area (Å²) < 4.78 is 10.6. The van der Waals surface area contributed by atoms with E-state index in [1.807, 2.05) is 39.0 Å². The van der Waals surface area contributed by atoms with E-state index in [1.54, 1.807) is 12.5 Å². The first-order valence-corrected chi connectivity index (χ1v) is 5.86. The maximum absolute atomic E-state index is 11.7. The molecule has 0 atom stereocenters. The molecule has 2 heterocycles. The van der Waals surface area contributed by atoms with Gasteiger partial charge in [0.05, 0.1) is 18.4 Å². The molecule has 0 saturated heterocycles. The first-order valence-electron chi connectivity index (χ1n) is 5.86. The van der Waals surface area contributed by atoms with Gasteiger partial charge in [-0.05, 0) is 18.2 Å². The van der Waals surface area contributed by atoms with Gasteiger partial charge in [-0.25, -0.2) is 0 Å². The summed E-state index contributed by atoms with van der Waals surface area (Å²) in [4.78, 5) is 11.7. The van der Waals surface area contributed by atoms with E-state index in [4.69, 9.17) is 8.83 Å². The molecule has 0 aliphatic heterocycles. The van der Waals surface area contributed by atoms with Crippen LogP contribution in [-0.2, 0) is 11.3 Å². The Kier molecular flexibility index (Phi) is 3.28. The fourth-order valence-electron chi connectivity index (χ4n) is 1.47. The number of furan rings is 2. The molecule has 1 N–H and O–H groups in total. The molecule has 0 unspecified atom stereocenters. The molecule has 0 bridgehead atoms. The Balaban J connectivity index is 1.98. The Morgan fingerprint density at radius 1 is 1.28 bits per heavy atom. The second kappa shape index (κ2) is 4.72. The van der Waals surface area contributed by atoms with Crippen molar-refractivity contribution >= 4 is 5.91 Å². The largest absolute Gasteiger partial charge is 0.472 e. The van der Waals surface area contributed by atoms with Gasteiger partial charge < -0.3 is 14.2 Å². The van der Waals surface area contributed by atoms with Gasteiger partial charge in [-0.15, -0.1) is 0 Å². The molecule has 1 amide bonds. The van der Waals surface area contributed by atoms with Gasteiger partial charge in [0.15, 0.2) is 0 Å². The van der Waals surface area contributed by atoms with E-state index < -0.39 is 0 Å². The lowest BCUT2D eigenvalue weighted by atomic mass is 9.96. The Labute approximate surface area is 106 Å². The number of nitrogens with one attached hydrogen (secondary N) is 1. The number of carbonyl (C=O) groups is 1. The Morgan fingerprint density at radius 2 is 2.06 bits per heavy atom. The fourth-order valence-corrected chi connectivity index (χ4v) is 1.47. The van der Waals surface area contributed by atoms with Crippen LogP contribution in [0.1, 0.15) is 26.5 Å². The minimum absolute atomic E-state index is 0.00348. The maximum atomic E-state index is 11.7. The van der Waals surface area contributed by atoms with Gasteiger partial charge in [0.1, 0.15) is 17.8 Å². The van der Waals surface area contributed by atoms with E-state index in [1.165, 1.54) is 0 Å². The normalized spacial score (nSPS) is 11.5. The van der Waals surface area contributed by atoms with Gasteiger partial charge in [-0.1, -0.05) is 20.8 Å². The molecule has 0 radical (unpaired) electrons. The third-order valence-corrected chi connectivity index (χ3v) is 2.57. The van der Waals surface area contributed by atoms with E-state index in [-0.39, 0.29) is 11.3 Å². The van der Waals surface area contributed by atoms with Crippen LogP contribution in [-0.4, -0.2) is 5.91 Å². The van der Waals surface area contributed by atoms with Crippen molar-refractivity contribution in [3.63, 3.8) is 0 Å². The quantitative estimate of drug-likeness (QED) is 0.906. The topological polar surface area (TPSA) is 55.4 Å². The lowest BCUT2D eigenvalue weighted by Gasteiger charge is -2.16. The summed E-state index contributed by atoms with van der Waals surface area (Å²) in [5.41, 5.74) is 0.503. The zero-order chi connectivity index (χ0) is 13.2. The summed E-state index contributed by atoms with van der Waals surface area (Å²) in [6.07, 6.45) is 3.22. The van der Waals surface area contributed by atoms with E-state index in [0.717, 1.165) is 17.1 Å². The lowest BCUT2D eigenvalue weighted by Crippen LogP contribution is -2.34. The fraction of sp³-hybridized carbons (Fsp3) is 0.357. The van der Waals surface area contributed by atoms with Crippen molar-refractivity contribution in [2.45, 2.75) is 27.3 Å². The van der Waals surface area contributed by atoms with Gasteiger partial charge in [-0.2, -0.15) is 0 Å². The molecule has 2 rings (SSSR count). The Bertz CT molecular complexity index is 517. The highest BCUT2D eigenvalue weighted by atomic mass is 16.3. The number of rotatable bonds is 3. The van der Waals surface area contributed by atoms with E-state index in [0.29, 0.717) is 6.54 Å². The molecule has 0 aliphatic carbocycles. The molecule has 18 heavy (non-hydrogen) atoms. The summed E-state index contributed by atoms with van der Waals surface area (Å²) in [6.45, 7) is 6.03. The molecule has 0 spiro atoms. The summed E-state index contributed by atoms with van der Waals surface area (Å²) in [6, 6.07) is 5.55. The van der Waals surface area contributed by atoms with Crippen LogP contribution in [0.25, 0.3) is 11.3 Å². The maximum Gasteiger partial charge on any atom is 0.225 e. The lowest BCUT2D eigenvalue weighted by molar-refractivity contribution is -0.128. The van der Waals surface area contributed by atoms with Crippen molar-refractivity contribution < 1.29 is 13.6 Å². The van der Waals surface area contributed by atoms with Crippen LogP contribution < -0.4 is 5.32 Å². The molecule has 96 valence electrons. The summed E-state index contributed by atoms with van der Waals surface area (Å²) in [5, 5.41) is 2.84. The summed E-state index contributed by atoms with van der Waals surface area (Å²) in [5.74, 6) is 1.47. The minimum Gasteiger partial charge on any atom is -0.472 e. The van der Waals surface area contributed by atoms with Crippen LogP contribution in [0.3, 0.4) is 0 Å². The second-order valence-corrected chi connectivity index (χ2v) is 5.21. The van der Waals surface area contributed by atoms with Crippen molar-refractivity contribution in [2.75, 3.05) is 0 Å². The van der Waals surface area contributed by atoms with Crippen LogP contribution >= 0.6 is 0 Å². The van der Waals surface area contributed by atoms with Gasteiger partial charge in [0.2, 0.25) is 5.91 Å². The van der Waals surface area contributed by atoms with E-state index in [2.05, 4.69) is 5.32 Å². The van der Waals surface area contributed by atoms with Crippen molar-refractivity contribution in [1.29, 1.82) is 0 Å². The molecule has 2 aromatic heterocycles. The standard InChI is InChI=1S/C14H17NO3/c1-14(2,3)13(16)15-8-11-4-5-12(18-11)10-6-7-17-9-10/h4-7,9H,8H2,1-3H3,(H,15,16). The predicted molar refractivity (Wildman–Crippen MR) is 67.7 cm³/mol. The summed E-state index contributed by atoms with van der Waals surface area (Å²) >= 11 is 0. The SMILES string of the molecule is CC(C)(C)C(=O)NCc1ccc(-c2ccoc2)o1. The van der Waals surface area contributed by atoms with E-state index in [9.17, 15) is 4.79 Å². The average molecular weight is 247 g/mol. The van der Waals surface area contributed by atoms with Crippen LogP contribution in [0.4, 0.5) is 0 Å². The van der Waals surface area contributed by atoms with Crippen molar-refractivity contribution in [3.05, 3.63) is 36.5 Å². The molecular weight excluding hydrogens is 230 g/mol. The van der Waals surface area contributed by atoms with Crippen LogP contribution in [0, 0.1) is 5.41 Å². The average Bonchev–Trinajstić information content (AvgIpc) is 2.94. The first kappa shape index (κ1) is 12.5. The molecule has 0 saturated carbocycles. The van der Waals surface area contributed by atoms with Crippen LogP contribution in [0.2, 0.25) is 0 Å². The van der Waals surface area contributed by atoms with Crippen molar-refractivity contribution in [2.24, 2.45) is 5.41 Å². The first-order chi connectivity index (χ1) is 8.47. The monoisotopic (exact) mass is 247 g/mol. The van der Waals surface area contributed by atoms with Crippen LogP contribution in [0.5, 0.6) is 0 Å². The number of hydrogen-bond acceptors (Lipinski definition) is 3. The highest BCUT2D eigenvalue weighted by molar-refractivity contribution is 5.81. The molecule has 4 heteroatoms. The Hall–Kier alpha value is -1.97. The minimum atomic E-state index is -0.389. The molecule has 0 aromatic carbocycles. The van der Waals surface area contributed by atoms with Gasteiger partial charge in [0, 0.05) is 5.41 Å². The summed E-state index contributed by atoms with van der Waals surface area (Å²) in [7, 11) is 0. The molecule has 0 fully saturated rings. The van der Waals surface area contributed by atoms with Gasteiger partial charge in [-0.3, -0.25) is 4.79 Å². The number of carbonyl (C=O) groups excluding carboxylic acids is 1. The van der Waals surface area contributed by atoms with Crippen molar-refractivity contribution in [3.8, 4) is 11.3 Å².